The summed E-state index contributed by atoms with van der Waals surface area (Å²) in [5, 5.41) is 20.7. The van der Waals surface area contributed by atoms with Crippen molar-refractivity contribution < 1.29 is 75.8 Å². The third kappa shape index (κ3) is 93.5. The van der Waals surface area contributed by atoms with Gasteiger partial charge in [0.2, 0.25) is 0 Å². The van der Waals surface area contributed by atoms with Crippen LogP contribution in [0.15, 0.2) is 170 Å². The van der Waals surface area contributed by atoms with Gasteiger partial charge in [0, 0.05) is 19.3 Å². The van der Waals surface area contributed by atoms with Crippen molar-refractivity contribution in [3.63, 3.8) is 0 Å². The SMILES string of the molecule is CC/C=C\C/C=C\C/C=C\C/C=C\C/C=C\C/C=C\CCCCCCCCCCCCCCCCC(=O)OCC(O)COP(=O)(O)OCC(O)COP(=O)(O)OCC(COC(=O)CCCCCCCCCCCCCCC/C=C\C/C=C\C/C=C\C/C=C\CCCCC)OC(=O)CCCCCCC/C=C\C/C=C\C/C=C\C/C=C\CCCCC. The fourth-order valence-corrected chi connectivity index (χ4v) is 14.3. The minimum Gasteiger partial charge on any atom is -0.463 e. The molecule has 0 spiro atoms. The van der Waals surface area contributed by atoms with Crippen LogP contribution in [0.1, 0.15) is 393 Å². The standard InChI is InChI=1S/C101H172O16P2/c1-4-7-10-13-16-19-22-25-28-31-34-37-39-41-43-45-46-47-48-50-52-53-55-58-60-63-66-69-72-75-78-81-84-87-99(104)111-90-96(102)91-113-118(107,108)114-92-97(103)93-115-119(109,110)116-95-98(117-101(106)89-86-83-80-77-74-71-68-65-62-57-36-33-30-27-24-21-18-15-12-9-6-3)94-112-100(105)88-85-82-79-76-73-70-67-64-61-59-56-54-51-49-44-42-40-38-35-32-29-26-23-20-17-14-11-8-5-2/h7,10,16-21,25-30,34-38,41-44,46-47,57,65,68,96-98,102-103H,4-6,8-9,11-15,22-24,31-33,39-40,45,48-56,58-64,66-67,69-95H2,1-3H3,(H,107,108)(H,109,110)/b10-7-,19-16-,20-17-,21-18-,28-25-,29-26-,30-27-,37-34-,38-35-,43-41-,44-42-,47-46-,57-36-,68-65-. The van der Waals surface area contributed by atoms with Gasteiger partial charge in [0.05, 0.1) is 26.4 Å². The molecule has 18 heteroatoms. The summed E-state index contributed by atoms with van der Waals surface area (Å²) in [6, 6.07) is 0. The second-order valence-corrected chi connectivity index (χ2v) is 34.3. The van der Waals surface area contributed by atoms with Crippen molar-refractivity contribution in [2.45, 2.75) is 411 Å². The predicted molar refractivity (Wildman–Crippen MR) is 500 cm³/mol. The number of allylic oxidation sites excluding steroid dienone is 28. The maximum Gasteiger partial charge on any atom is 0.472 e. The van der Waals surface area contributed by atoms with E-state index in [9.17, 15) is 43.5 Å². The number of phosphoric acid groups is 2. The Hall–Kier alpha value is -5.09. The van der Waals surface area contributed by atoms with Gasteiger partial charge < -0.3 is 34.2 Å². The third-order valence-electron chi connectivity index (χ3n) is 19.9. The van der Waals surface area contributed by atoms with E-state index < -0.39 is 91.5 Å². The van der Waals surface area contributed by atoms with Crippen LogP contribution in [0.25, 0.3) is 0 Å². The fourth-order valence-electron chi connectivity index (χ4n) is 12.7. The Kier molecular flexibility index (Phi) is 88.2. The molecule has 16 nitrogen and oxygen atoms in total. The molecule has 0 aromatic heterocycles. The molecular formula is C101H172O16P2. The quantitative estimate of drug-likeness (QED) is 0.0146. The maximum atomic E-state index is 13.1. The fraction of sp³-hybridized carbons (Fsp3) is 0.693. The smallest absolute Gasteiger partial charge is 0.463 e. The molecule has 5 unspecified atom stereocenters. The molecule has 0 aliphatic rings. The molecule has 0 heterocycles. The van der Waals surface area contributed by atoms with Gasteiger partial charge in [0.15, 0.2) is 6.10 Å². The summed E-state index contributed by atoms with van der Waals surface area (Å²) >= 11 is 0. The molecule has 0 aliphatic heterocycles. The van der Waals surface area contributed by atoms with E-state index in [4.69, 9.17) is 32.3 Å². The van der Waals surface area contributed by atoms with E-state index in [1.165, 1.54) is 161 Å². The summed E-state index contributed by atoms with van der Waals surface area (Å²) in [6.07, 6.45) is 120. The first kappa shape index (κ1) is 114. The van der Waals surface area contributed by atoms with E-state index in [1.807, 2.05) is 0 Å². The van der Waals surface area contributed by atoms with Crippen LogP contribution in [0.2, 0.25) is 0 Å². The predicted octanol–water partition coefficient (Wildman–Crippen LogP) is 29.4. The summed E-state index contributed by atoms with van der Waals surface area (Å²) in [4.78, 5) is 59.0. The van der Waals surface area contributed by atoms with Gasteiger partial charge in [-0.15, -0.1) is 0 Å². The van der Waals surface area contributed by atoms with Gasteiger partial charge in [0.25, 0.3) is 0 Å². The lowest BCUT2D eigenvalue weighted by Crippen LogP contribution is -2.30. The topological polar surface area (TPSA) is 231 Å². The summed E-state index contributed by atoms with van der Waals surface area (Å²) in [6.45, 7) is 2.53. The molecule has 0 aromatic carbocycles. The first-order valence-electron chi connectivity index (χ1n) is 47.4. The van der Waals surface area contributed by atoms with Crippen molar-refractivity contribution >= 4 is 33.6 Å². The summed E-state index contributed by atoms with van der Waals surface area (Å²) < 4.78 is 61.5. The number of hydrogen-bond donors (Lipinski definition) is 4. The molecule has 0 amide bonds. The van der Waals surface area contributed by atoms with Gasteiger partial charge in [0.1, 0.15) is 25.4 Å². The molecule has 0 rings (SSSR count). The zero-order valence-electron chi connectivity index (χ0n) is 75.2. The van der Waals surface area contributed by atoms with Crippen LogP contribution >= 0.6 is 15.6 Å². The molecule has 119 heavy (non-hydrogen) atoms. The van der Waals surface area contributed by atoms with Gasteiger partial charge in [-0.05, 0) is 161 Å². The van der Waals surface area contributed by atoms with Crippen molar-refractivity contribution in [1.29, 1.82) is 0 Å². The van der Waals surface area contributed by atoms with Gasteiger partial charge in [-0.2, -0.15) is 0 Å². The van der Waals surface area contributed by atoms with Crippen LogP contribution < -0.4 is 0 Å². The van der Waals surface area contributed by atoms with Gasteiger partial charge in [-0.25, -0.2) is 9.13 Å². The van der Waals surface area contributed by atoms with Crippen molar-refractivity contribution in [3.05, 3.63) is 170 Å². The second kappa shape index (κ2) is 92.1. The second-order valence-electron chi connectivity index (χ2n) is 31.4. The van der Waals surface area contributed by atoms with Crippen molar-refractivity contribution in [3.8, 4) is 0 Å². The number of aliphatic hydroxyl groups excluding tert-OH is 2. The number of phosphoric ester groups is 2. The minimum atomic E-state index is -4.95. The summed E-state index contributed by atoms with van der Waals surface area (Å²) in [5.41, 5.74) is 0. The number of unbranched alkanes of at least 4 members (excludes halogenated alkanes) is 38. The highest BCUT2D eigenvalue weighted by Crippen LogP contribution is 2.45. The summed E-state index contributed by atoms with van der Waals surface area (Å²) in [7, 11) is -9.82. The maximum absolute atomic E-state index is 13.1. The van der Waals surface area contributed by atoms with E-state index in [-0.39, 0.29) is 19.3 Å². The lowest BCUT2D eigenvalue weighted by atomic mass is 10.0. The van der Waals surface area contributed by atoms with Crippen LogP contribution in [-0.2, 0) is 55.8 Å². The molecule has 4 N–H and O–H groups in total. The first-order chi connectivity index (χ1) is 58.2. The number of rotatable bonds is 89. The molecule has 0 saturated carbocycles. The van der Waals surface area contributed by atoms with Gasteiger partial charge >= 0.3 is 33.6 Å². The molecule has 0 aromatic rings. The van der Waals surface area contributed by atoms with Crippen molar-refractivity contribution in [2.24, 2.45) is 0 Å². The zero-order chi connectivity index (χ0) is 86.5. The van der Waals surface area contributed by atoms with Crippen molar-refractivity contribution in [1.82, 2.24) is 0 Å². The minimum absolute atomic E-state index is 0.0801. The number of carbonyl (C=O) groups is 3. The molecule has 0 fully saturated rings. The Morgan fingerprint density at radius 3 is 0.706 bits per heavy atom. The Morgan fingerprint density at radius 1 is 0.244 bits per heavy atom. The number of aliphatic hydroxyl groups is 2. The first-order valence-corrected chi connectivity index (χ1v) is 50.4. The van der Waals surface area contributed by atoms with Gasteiger partial charge in [-0.1, -0.05) is 384 Å². The number of ether oxygens (including phenoxy) is 3. The molecule has 5 atom stereocenters. The average Bonchev–Trinajstić information content (AvgIpc) is 0.902. The van der Waals surface area contributed by atoms with E-state index in [1.54, 1.807) is 0 Å². The molecule has 0 bridgehead atoms. The largest absolute Gasteiger partial charge is 0.472 e. The lowest BCUT2D eigenvalue weighted by molar-refractivity contribution is -0.161. The normalized spacial score (nSPS) is 14.5. The summed E-state index contributed by atoms with van der Waals surface area (Å²) in [5.74, 6) is -1.59. The lowest BCUT2D eigenvalue weighted by Gasteiger charge is -2.21. The molecule has 0 saturated heterocycles. The van der Waals surface area contributed by atoms with Gasteiger partial charge in [-0.3, -0.25) is 32.5 Å². The highest BCUT2D eigenvalue weighted by molar-refractivity contribution is 7.47. The van der Waals surface area contributed by atoms with Crippen molar-refractivity contribution in [2.75, 3.05) is 39.6 Å². The molecule has 682 valence electrons. The molecule has 0 radical (unpaired) electrons. The Morgan fingerprint density at radius 2 is 0.445 bits per heavy atom. The average molecular weight is 1700 g/mol. The Balaban J connectivity index is 4.58. The number of esters is 3. The van der Waals surface area contributed by atoms with E-state index >= 15 is 0 Å². The van der Waals surface area contributed by atoms with Crippen LogP contribution in [0.3, 0.4) is 0 Å². The monoisotopic (exact) mass is 1700 g/mol. The highest BCUT2D eigenvalue weighted by atomic mass is 31.2. The van der Waals surface area contributed by atoms with E-state index in [2.05, 4.69) is 191 Å². The van der Waals surface area contributed by atoms with Crippen LogP contribution in [0.5, 0.6) is 0 Å². The molecule has 0 aliphatic carbocycles. The number of carbonyl (C=O) groups excluding carboxylic acids is 3. The van der Waals surface area contributed by atoms with E-state index in [0.29, 0.717) is 19.3 Å². The third-order valence-corrected chi connectivity index (χ3v) is 21.8. The Bertz CT molecular complexity index is 2840. The number of hydrogen-bond acceptors (Lipinski definition) is 14. The van der Waals surface area contributed by atoms with E-state index in [0.717, 1.165) is 173 Å². The Labute approximate surface area is 726 Å². The molecular weight excluding hydrogens is 1530 g/mol. The highest BCUT2D eigenvalue weighted by Gasteiger charge is 2.29. The van der Waals surface area contributed by atoms with Crippen LogP contribution in [-0.4, -0.2) is 95.9 Å². The zero-order valence-corrected chi connectivity index (χ0v) is 77.0. The van der Waals surface area contributed by atoms with Crippen LogP contribution in [0, 0.1) is 0 Å². The van der Waals surface area contributed by atoms with Crippen LogP contribution in [0.4, 0.5) is 0 Å².